The first kappa shape index (κ1) is 16.8. The second-order valence-electron chi connectivity index (χ2n) is 6.38. The van der Waals surface area contributed by atoms with Crippen LogP contribution in [0.4, 0.5) is 0 Å². The van der Waals surface area contributed by atoms with Crippen LogP contribution in [0.1, 0.15) is 44.1 Å². The lowest BCUT2D eigenvalue weighted by molar-refractivity contribution is -0.151. The number of aliphatic carboxylic acids is 1. The van der Waals surface area contributed by atoms with Crippen molar-refractivity contribution < 1.29 is 24.2 Å². The van der Waals surface area contributed by atoms with Crippen LogP contribution in [-0.4, -0.2) is 35.3 Å². The number of benzene rings is 1. The normalized spacial score (nSPS) is 24.0. The number of para-hydroxylation sites is 1. The summed E-state index contributed by atoms with van der Waals surface area (Å²) in [7, 11) is 0. The van der Waals surface area contributed by atoms with Crippen molar-refractivity contribution in [1.82, 2.24) is 5.32 Å². The van der Waals surface area contributed by atoms with E-state index in [0.717, 1.165) is 24.2 Å². The molecule has 130 valence electrons. The molecule has 6 nitrogen and oxygen atoms in total. The second-order valence-corrected chi connectivity index (χ2v) is 6.38. The van der Waals surface area contributed by atoms with Gasteiger partial charge < -0.3 is 19.9 Å². The molecular formula is C18H23NO5. The second kappa shape index (κ2) is 7.66. The molecule has 3 rings (SSSR count). The highest BCUT2D eigenvalue weighted by molar-refractivity contribution is 5.82. The number of rotatable bonds is 6. The van der Waals surface area contributed by atoms with E-state index in [4.69, 9.17) is 14.6 Å². The third-order valence-electron chi connectivity index (χ3n) is 4.61. The van der Waals surface area contributed by atoms with Gasteiger partial charge in [0.1, 0.15) is 11.9 Å². The molecule has 0 radical (unpaired) electrons. The first-order valence-corrected chi connectivity index (χ1v) is 8.54. The summed E-state index contributed by atoms with van der Waals surface area (Å²) < 4.78 is 11.3. The molecule has 1 heterocycles. The van der Waals surface area contributed by atoms with Gasteiger partial charge in [0.05, 0.1) is 6.10 Å². The lowest BCUT2D eigenvalue weighted by Crippen LogP contribution is -2.35. The lowest BCUT2D eigenvalue weighted by Gasteiger charge is -2.17. The molecule has 2 atom stereocenters. The third kappa shape index (κ3) is 4.06. The van der Waals surface area contributed by atoms with E-state index in [1.165, 1.54) is 12.8 Å². The Hall–Kier alpha value is -2.08. The van der Waals surface area contributed by atoms with Crippen molar-refractivity contribution in [2.24, 2.45) is 0 Å². The summed E-state index contributed by atoms with van der Waals surface area (Å²) in [5.41, 5.74) is 0.922. The molecule has 6 heteroatoms. The molecule has 2 aliphatic rings. The minimum absolute atomic E-state index is 0.261. The van der Waals surface area contributed by atoms with Gasteiger partial charge in [-0.05, 0) is 44.6 Å². The minimum atomic E-state index is -1.01. The number of hydrogen-bond acceptors (Lipinski definition) is 4. The number of carboxylic acid groups (broad SMARTS) is 1. The first-order valence-electron chi connectivity index (χ1n) is 8.54. The Morgan fingerprint density at radius 2 is 1.83 bits per heavy atom. The van der Waals surface area contributed by atoms with Crippen molar-refractivity contribution in [3.8, 4) is 5.75 Å². The van der Waals surface area contributed by atoms with Gasteiger partial charge in [0.15, 0.2) is 6.10 Å². The fourth-order valence-electron chi connectivity index (χ4n) is 3.26. The number of amides is 1. The zero-order valence-electron chi connectivity index (χ0n) is 13.6. The Morgan fingerprint density at radius 1 is 1.12 bits per heavy atom. The molecule has 2 fully saturated rings. The van der Waals surface area contributed by atoms with Crippen LogP contribution >= 0.6 is 0 Å². The average molecular weight is 333 g/mol. The molecule has 1 aliphatic heterocycles. The summed E-state index contributed by atoms with van der Waals surface area (Å²) in [5, 5.41) is 11.7. The van der Waals surface area contributed by atoms with Crippen LogP contribution in [0.25, 0.3) is 0 Å². The van der Waals surface area contributed by atoms with Gasteiger partial charge >= 0.3 is 5.97 Å². The van der Waals surface area contributed by atoms with Gasteiger partial charge in [-0.3, -0.25) is 4.79 Å². The topological polar surface area (TPSA) is 84.9 Å². The molecule has 0 unspecified atom stereocenters. The predicted octanol–water partition coefficient (Wildman–Crippen LogP) is 2.26. The Morgan fingerprint density at radius 3 is 2.54 bits per heavy atom. The highest BCUT2D eigenvalue weighted by atomic mass is 16.5. The minimum Gasteiger partial charge on any atom is -0.490 e. The van der Waals surface area contributed by atoms with Gasteiger partial charge in [0.2, 0.25) is 5.91 Å². The van der Waals surface area contributed by atoms with Crippen molar-refractivity contribution in [2.75, 3.05) is 0 Å². The van der Waals surface area contributed by atoms with E-state index < -0.39 is 18.2 Å². The molecule has 1 saturated carbocycles. The summed E-state index contributed by atoms with van der Waals surface area (Å²) in [4.78, 5) is 23.1. The van der Waals surface area contributed by atoms with Gasteiger partial charge in [-0.25, -0.2) is 4.79 Å². The number of hydrogen-bond donors (Lipinski definition) is 2. The van der Waals surface area contributed by atoms with Crippen LogP contribution in [0.2, 0.25) is 0 Å². The van der Waals surface area contributed by atoms with Gasteiger partial charge in [0.25, 0.3) is 0 Å². The van der Waals surface area contributed by atoms with Crippen LogP contribution < -0.4 is 10.1 Å². The van der Waals surface area contributed by atoms with Crippen molar-refractivity contribution >= 4 is 11.9 Å². The fourth-order valence-corrected chi connectivity index (χ4v) is 3.26. The van der Waals surface area contributed by atoms with Crippen LogP contribution in [-0.2, 0) is 20.9 Å². The maximum absolute atomic E-state index is 12.2. The average Bonchev–Trinajstić information content (AvgIpc) is 3.25. The van der Waals surface area contributed by atoms with Gasteiger partial charge in [0, 0.05) is 12.1 Å². The Balaban J connectivity index is 1.54. The van der Waals surface area contributed by atoms with Crippen LogP contribution in [0.15, 0.2) is 24.3 Å². The highest BCUT2D eigenvalue weighted by Crippen LogP contribution is 2.27. The van der Waals surface area contributed by atoms with E-state index >= 15 is 0 Å². The maximum Gasteiger partial charge on any atom is 0.332 e. The summed E-state index contributed by atoms with van der Waals surface area (Å²) in [6.45, 7) is 0.347. The van der Waals surface area contributed by atoms with Gasteiger partial charge in [-0.2, -0.15) is 0 Å². The first-order chi connectivity index (χ1) is 11.6. The number of ether oxygens (including phenoxy) is 2. The zero-order chi connectivity index (χ0) is 16.9. The molecule has 0 bridgehead atoms. The van der Waals surface area contributed by atoms with E-state index in [0.29, 0.717) is 19.4 Å². The molecule has 1 aromatic rings. The molecule has 1 saturated heterocycles. The Labute approximate surface area is 141 Å². The monoisotopic (exact) mass is 333 g/mol. The zero-order valence-corrected chi connectivity index (χ0v) is 13.6. The van der Waals surface area contributed by atoms with Crippen LogP contribution in [0.5, 0.6) is 5.75 Å². The molecule has 0 aromatic heterocycles. The van der Waals surface area contributed by atoms with Crippen molar-refractivity contribution in [3.05, 3.63) is 29.8 Å². The molecule has 1 aliphatic carbocycles. The molecular weight excluding hydrogens is 310 g/mol. The number of carbonyl (C=O) groups is 2. The number of carboxylic acids is 1. The molecule has 1 amide bonds. The smallest absolute Gasteiger partial charge is 0.332 e. The van der Waals surface area contributed by atoms with Gasteiger partial charge in [-0.1, -0.05) is 18.2 Å². The van der Waals surface area contributed by atoms with E-state index in [2.05, 4.69) is 5.32 Å². The van der Waals surface area contributed by atoms with E-state index in [-0.39, 0.29) is 12.0 Å². The summed E-state index contributed by atoms with van der Waals surface area (Å²) in [6.07, 6.45) is 4.06. The quantitative estimate of drug-likeness (QED) is 0.834. The maximum atomic E-state index is 12.2. The van der Waals surface area contributed by atoms with Crippen LogP contribution in [0.3, 0.4) is 0 Å². The fraction of sp³-hybridized carbons (Fsp3) is 0.556. The third-order valence-corrected chi connectivity index (χ3v) is 4.61. The molecule has 0 spiro atoms. The SMILES string of the molecule is O=C(NCc1ccccc1OC1CCCC1)[C@@H]1CC[C@H](C(=O)O)O1. The van der Waals surface area contributed by atoms with Gasteiger partial charge in [-0.15, -0.1) is 0 Å². The Kier molecular flexibility index (Phi) is 5.35. The van der Waals surface area contributed by atoms with E-state index in [9.17, 15) is 9.59 Å². The molecule has 2 N–H and O–H groups in total. The Bertz CT molecular complexity index is 597. The highest BCUT2D eigenvalue weighted by Gasteiger charge is 2.34. The summed E-state index contributed by atoms with van der Waals surface area (Å²) >= 11 is 0. The van der Waals surface area contributed by atoms with E-state index in [1.807, 2.05) is 24.3 Å². The largest absolute Gasteiger partial charge is 0.490 e. The lowest BCUT2D eigenvalue weighted by atomic mass is 10.1. The van der Waals surface area contributed by atoms with Crippen molar-refractivity contribution in [1.29, 1.82) is 0 Å². The van der Waals surface area contributed by atoms with Crippen LogP contribution in [0, 0.1) is 0 Å². The number of carbonyl (C=O) groups excluding carboxylic acids is 1. The van der Waals surface area contributed by atoms with E-state index in [1.54, 1.807) is 0 Å². The standard InChI is InChI=1S/C18H23NO5/c20-17(15-9-10-16(24-15)18(21)22)19-11-12-5-1-4-8-14(12)23-13-6-2-3-7-13/h1,4-5,8,13,15-16H,2-3,6-7,9-11H2,(H,19,20)(H,21,22)/t15-,16+/m0/s1. The molecule has 1 aromatic carbocycles. The summed E-state index contributed by atoms with van der Waals surface area (Å²) in [5.74, 6) is -0.476. The molecule has 24 heavy (non-hydrogen) atoms. The van der Waals surface area contributed by atoms with Crippen molar-refractivity contribution in [3.63, 3.8) is 0 Å². The predicted molar refractivity (Wildman–Crippen MR) is 86.7 cm³/mol. The number of nitrogens with one attached hydrogen (secondary N) is 1. The van der Waals surface area contributed by atoms with Crippen molar-refractivity contribution in [2.45, 2.75) is 63.4 Å². The summed E-state index contributed by atoms with van der Waals surface area (Å²) in [6, 6.07) is 7.69.